The second-order valence-corrected chi connectivity index (χ2v) is 5.74. The zero-order valence-corrected chi connectivity index (χ0v) is 13.4. The summed E-state index contributed by atoms with van der Waals surface area (Å²) in [5.41, 5.74) is 3.20. The molecule has 0 unspecified atom stereocenters. The number of rotatable bonds is 4. The van der Waals surface area contributed by atoms with Crippen LogP contribution in [0.1, 0.15) is 15.9 Å². The smallest absolute Gasteiger partial charge is 0.251 e. The SMILES string of the molecule is CNC(=O)c1ccc(CN2CCN(c3ccncc3)CC2)cc1. The molecule has 0 radical (unpaired) electrons. The summed E-state index contributed by atoms with van der Waals surface area (Å²) in [5, 5.41) is 2.64. The largest absolute Gasteiger partial charge is 0.369 e. The molecule has 1 aliphatic heterocycles. The number of nitrogens with zero attached hydrogens (tertiary/aromatic N) is 3. The lowest BCUT2D eigenvalue weighted by atomic mass is 10.1. The van der Waals surface area contributed by atoms with Gasteiger partial charge in [0.2, 0.25) is 0 Å². The fourth-order valence-electron chi connectivity index (χ4n) is 2.88. The molecule has 23 heavy (non-hydrogen) atoms. The quantitative estimate of drug-likeness (QED) is 0.935. The molecule has 1 aromatic heterocycles. The second-order valence-electron chi connectivity index (χ2n) is 5.74. The average Bonchev–Trinajstić information content (AvgIpc) is 2.63. The Hall–Kier alpha value is -2.40. The Morgan fingerprint density at radius 2 is 1.70 bits per heavy atom. The number of amides is 1. The van der Waals surface area contributed by atoms with E-state index in [9.17, 15) is 4.79 Å². The highest BCUT2D eigenvalue weighted by Gasteiger charge is 2.17. The van der Waals surface area contributed by atoms with E-state index in [1.54, 1.807) is 7.05 Å². The summed E-state index contributed by atoms with van der Waals surface area (Å²) in [5.74, 6) is -0.0393. The topological polar surface area (TPSA) is 48.5 Å². The third-order valence-electron chi connectivity index (χ3n) is 4.25. The lowest BCUT2D eigenvalue weighted by Gasteiger charge is -2.36. The van der Waals surface area contributed by atoms with E-state index in [0.717, 1.165) is 32.7 Å². The highest BCUT2D eigenvalue weighted by molar-refractivity contribution is 5.93. The molecule has 0 saturated carbocycles. The van der Waals surface area contributed by atoms with Gasteiger partial charge in [0, 0.05) is 63.4 Å². The van der Waals surface area contributed by atoms with Crippen molar-refractivity contribution in [2.45, 2.75) is 6.54 Å². The Morgan fingerprint density at radius 3 is 2.30 bits per heavy atom. The summed E-state index contributed by atoms with van der Waals surface area (Å²) in [4.78, 5) is 20.5. The van der Waals surface area contributed by atoms with Crippen molar-refractivity contribution < 1.29 is 4.79 Å². The van der Waals surface area contributed by atoms with Crippen molar-refractivity contribution in [3.8, 4) is 0 Å². The molecule has 1 aromatic carbocycles. The van der Waals surface area contributed by atoms with Crippen LogP contribution in [0.2, 0.25) is 0 Å². The average molecular weight is 310 g/mol. The van der Waals surface area contributed by atoms with Crippen LogP contribution in [0.15, 0.2) is 48.8 Å². The van der Waals surface area contributed by atoms with Gasteiger partial charge in [-0.2, -0.15) is 0 Å². The Balaban J connectivity index is 1.53. The molecule has 2 heterocycles. The van der Waals surface area contributed by atoms with Gasteiger partial charge in [0.1, 0.15) is 0 Å². The van der Waals surface area contributed by atoms with Crippen molar-refractivity contribution in [2.75, 3.05) is 38.1 Å². The Labute approximate surface area is 136 Å². The van der Waals surface area contributed by atoms with Crippen LogP contribution in [0.3, 0.4) is 0 Å². The predicted molar refractivity (Wildman–Crippen MR) is 91.6 cm³/mol. The monoisotopic (exact) mass is 310 g/mol. The van der Waals surface area contributed by atoms with Gasteiger partial charge in [-0.1, -0.05) is 12.1 Å². The van der Waals surface area contributed by atoms with Gasteiger partial charge in [-0.25, -0.2) is 0 Å². The predicted octanol–water partition coefficient (Wildman–Crippen LogP) is 1.76. The number of hydrogen-bond donors (Lipinski definition) is 1. The van der Waals surface area contributed by atoms with Crippen LogP contribution in [0.5, 0.6) is 0 Å². The van der Waals surface area contributed by atoms with Gasteiger partial charge in [0.05, 0.1) is 0 Å². The first-order valence-electron chi connectivity index (χ1n) is 7.94. The van der Waals surface area contributed by atoms with Gasteiger partial charge >= 0.3 is 0 Å². The molecule has 5 nitrogen and oxygen atoms in total. The summed E-state index contributed by atoms with van der Waals surface area (Å²) in [7, 11) is 1.65. The van der Waals surface area contributed by atoms with Crippen molar-refractivity contribution in [1.82, 2.24) is 15.2 Å². The molecular weight excluding hydrogens is 288 g/mol. The Kier molecular flexibility index (Phi) is 4.88. The molecule has 0 atom stereocenters. The molecule has 5 heteroatoms. The number of carbonyl (C=O) groups is 1. The van der Waals surface area contributed by atoms with Gasteiger partial charge in [0.25, 0.3) is 5.91 Å². The van der Waals surface area contributed by atoms with Crippen molar-refractivity contribution >= 4 is 11.6 Å². The van der Waals surface area contributed by atoms with Crippen LogP contribution >= 0.6 is 0 Å². The summed E-state index contributed by atoms with van der Waals surface area (Å²) < 4.78 is 0. The van der Waals surface area contributed by atoms with E-state index in [1.165, 1.54) is 11.3 Å². The van der Waals surface area contributed by atoms with Crippen molar-refractivity contribution in [1.29, 1.82) is 0 Å². The molecule has 1 saturated heterocycles. The van der Waals surface area contributed by atoms with Gasteiger partial charge < -0.3 is 10.2 Å². The number of pyridine rings is 1. The van der Waals surface area contributed by atoms with Crippen LogP contribution in [-0.4, -0.2) is 49.0 Å². The fourth-order valence-corrected chi connectivity index (χ4v) is 2.88. The minimum Gasteiger partial charge on any atom is -0.369 e. The molecule has 1 aliphatic rings. The molecule has 0 aliphatic carbocycles. The minimum atomic E-state index is -0.0393. The van der Waals surface area contributed by atoms with Crippen molar-refractivity contribution in [3.05, 3.63) is 59.9 Å². The number of anilines is 1. The van der Waals surface area contributed by atoms with Gasteiger partial charge in [-0.15, -0.1) is 0 Å². The van der Waals surface area contributed by atoms with E-state index in [2.05, 4.69) is 32.2 Å². The van der Waals surface area contributed by atoms with E-state index in [0.29, 0.717) is 5.56 Å². The highest BCUT2D eigenvalue weighted by atomic mass is 16.1. The van der Waals surface area contributed by atoms with E-state index in [1.807, 2.05) is 36.7 Å². The summed E-state index contributed by atoms with van der Waals surface area (Å²) in [6.45, 7) is 5.07. The summed E-state index contributed by atoms with van der Waals surface area (Å²) in [6, 6.07) is 12.0. The maximum Gasteiger partial charge on any atom is 0.251 e. The van der Waals surface area contributed by atoms with Crippen LogP contribution in [0.4, 0.5) is 5.69 Å². The maximum atomic E-state index is 11.6. The molecular formula is C18H22N4O. The second kappa shape index (κ2) is 7.24. The number of piperazine rings is 1. The van der Waals surface area contributed by atoms with Gasteiger partial charge in [-0.05, 0) is 29.8 Å². The first-order valence-corrected chi connectivity index (χ1v) is 7.94. The van der Waals surface area contributed by atoms with Gasteiger partial charge in [0.15, 0.2) is 0 Å². The number of carbonyl (C=O) groups excluding carboxylic acids is 1. The Morgan fingerprint density at radius 1 is 1.04 bits per heavy atom. The zero-order chi connectivity index (χ0) is 16.1. The first kappa shape index (κ1) is 15.5. The third kappa shape index (κ3) is 3.87. The van der Waals surface area contributed by atoms with Crippen LogP contribution < -0.4 is 10.2 Å². The molecule has 120 valence electrons. The van der Waals surface area contributed by atoms with Crippen molar-refractivity contribution in [2.24, 2.45) is 0 Å². The third-order valence-corrected chi connectivity index (χ3v) is 4.25. The lowest BCUT2D eigenvalue weighted by Crippen LogP contribution is -2.45. The zero-order valence-electron chi connectivity index (χ0n) is 13.4. The van der Waals surface area contributed by atoms with Crippen LogP contribution in [-0.2, 0) is 6.54 Å². The molecule has 3 rings (SSSR count). The fraction of sp³-hybridized carbons (Fsp3) is 0.333. The highest BCUT2D eigenvalue weighted by Crippen LogP contribution is 2.16. The standard InChI is InChI=1S/C18H22N4O/c1-19-18(23)16-4-2-15(3-5-16)14-21-10-12-22(13-11-21)17-6-8-20-9-7-17/h2-9H,10-14H2,1H3,(H,19,23). The molecule has 1 fully saturated rings. The number of aromatic nitrogens is 1. The maximum absolute atomic E-state index is 11.6. The summed E-state index contributed by atoms with van der Waals surface area (Å²) >= 11 is 0. The van der Waals surface area contributed by atoms with Crippen LogP contribution in [0.25, 0.3) is 0 Å². The van der Waals surface area contributed by atoms with E-state index in [-0.39, 0.29) is 5.91 Å². The number of hydrogen-bond acceptors (Lipinski definition) is 4. The normalized spacial score (nSPS) is 15.4. The van der Waals surface area contributed by atoms with E-state index < -0.39 is 0 Å². The van der Waals surface area contributed by atoms with E-state index >= 15 is 0 Å². The number of nitrogens with one attached hydrogen (secondary N) is 1. The number of benzene rings is 1. The lowest BCUT2D eigenvalue weighted by molar-refractivity contribution is 0.0963. The van der Waals surface area contributed by atoms with Crippen LogP contribution in [0, 0.1) is 0 Å². The minimum absolute atomic E-state index is 0.0393. The Bertz CT molecular complexity index is 634. The molecule has 1 N–H and O–H groups in total. The van der Waals surface area contributed by atoms with Crippen molar-refractivity contribution in [3.63, 3.8) is 0 Å². The van der Waals surface area contributed by atoms with E-state index in [4.69, 9.17) is 0 Å². The van der Waals surface area contributed by atoms with Gasteiger partial charge in [-0.3, -0.25) is 14.7 Å². The molecule has 2 aromatic rings. The molecule has 1 amide bonds. The summed E-state index contributed by atoms with van der Waals surface area (Å²) in [6.07, 6.45) is 3.69. The molecule has 0 spiro atoms. The first-order chi connectivity index (χ1) is 11.3. The molecule has 0 bridgehead atoms.